The lowest BCUT2D eigenvalue weighted by atomic mass is 9.82. The normalized spacial score (nSPS) is 27.2. The van der Waals surface area contributed by atoms with E-state index < -0.39 is 20.0 Å². The predicted octanol–water partition coefficient (Wildman–Crippen LogP) is 2.64. The molecular formula is C19H28N2O4S2. The third kappa shape index (κ3) is 3.81. The van der Waals surface area contributed by atoms with Gasteiger partial charge < -0.3 is 0 Å². The highest BCUT2D eigenvalue weighted by atomic mass is 32.2. The molecule has 6 nitrogen and oxygen atoms in total. The van der Waals surface area contributed by atoms with Gasteiger partial charge in [-0.1, -0.05) is 31.7 Å². The maximum absolute atomic E-state index is 12.9. The van der Waals surface area contributed by atoms with E-state index in [1.54, 1.807) is 12.1 Å². The molecule has 1 aromatic rings. The van der Waals surface area contributed by atoms with Crippen molar-refractivity contribution in [2.24, 2.45) is 5.92 Å². The molecule has 27 heavy (non-hydrogen) atoms. The zero-order valence-electron chi connectivity index (χ0n) is 15.6. The van der Waals surface area contributed by atoms with Gasteiger partial charge in [-0.25, -0.2) is 21.6 Å². The van der Waals surface area contributed by atoms with Crippen LogP contribution in [0.5, 0.6) is 0 Å². The Morgan fingerprint density at radius 3 is 2.33 bits per heavy atom. The van der Waals surface area contributed by atoms with Crippen molar-refractivity contribution in [2.75, 3.05) is 13.1 Å². The molecule has 2 aliphatic heterocycles. The number of hydrogen-bond acceptors (Lipinski definition) is 4. The molecular weight excluding hydrogens is 384 g/mol. The van der Waals surface area contributed by atoms with E-state index in [2.05, 4.69) is 4.72 Å². The fourth-order valence-corrected chi connectivity index (χ4v) is 7.91. The lowest BCUT2D eigenvalue weighted by Gasteiger charge is -2.34. The summed E-state index contributed by atoms with van der Waals surface area (Å²) >= 11 is 0. The molecule has 0 spiro atoms. The van der Waals surface area contributed by atoms with Crippen LogP contribution in [0.15, 0.2) is 28.0 Å². The lowest BCUT2D eigenvalue weighted by Crippen LogP contribution is -2.46. The minimum absolute atomic E-state index is 0.0765. The van der Waals surface area contributed by atoms with Gasteiger partial charge in [0.15, 0.2) is 0 Å². The molecule has 3 aliphatic rings. The summed E-state index contributed by atoms with van der Waals surface area (Å²) in [7, 11) is -7.33. The van der Waals surface area contributed by atoms with Crippen LogP contribution in [0.25, 0.3) is 0 Å². The molecule has 0 aromatic heterocycles. The van der Waals surface area contributed by atoms with E-state index in [-0.39, 0.29) is 15.8 Å². The highest BCUT2D eigenvalue weighted by Gasteiger charge is 2.36. The van der Waals surface area contributed by atoms with Crippen molar-refractivity contribution in [3.05, 3.63) is 23.8 Å². The van der Waals surface area contributed by atoms with Crippen LogP contribution in [0.1, 0.15) is 56.9 Å². The first-order valence-corrected chi connectivity index (χ1v) is 13.0. The lowest BCUT2D eigenvalue weighted by molar-refractivity contribution is 0.285. The molecule has 1 saturated heterocycles. The standard InChI is InChI=1S/C19H28N2O4S2/c22-26(23)19-14-17(27(24,25)21-11-5-2-6-12-21)10-9-16(19)13-18(20-26)15-7-3-1-4-8-15/h9-10,14-15,18,20H,1-8,11-13H2. The average molecular weight is 413 g/mol. The molecule has 1 aromatic carbocycles. The SMILES string of the molecule is O=S1(=O)NC(C2CCCCC2)Cc2ccc(S(=O)(=O)N3CCCCC3)cc21. The van der Waals surface area contributed by atoms with Crippen LogP contribution in [0.2, 0.25) is 0 Å². The van der Waals surface area contributed by atoms with Crippen LogP contribution in [-0.4, -0.2) is 40.3 Å². The van der Waals surface area contributed by atoms with Crippen molar-refractivity contribution in [1.29, 1.82) is 0 Å². The Bertz CT molecular complexity index is 900. The maximum Gasteiger partial charge on any atom is 0.243 e. The van der Waals surface area contributed by atoms with E-state index in [9.17, 15) is 16.8 Å². The quantitative estimate of drug-likeness (QED) is 0.827. The van der Waals surface area contributed by atoms with Crippen molar-refractivity contribution < 1.29 is 16.8 Å². The van der Waals surface area contributed by atoms with Crippen LogP contribution in [-0.2, 0) is 26.5 Å². The van der Waals surface area contributed by atoms with Gasteiger partial charge in [-0.15, -0.1) is 0 Å². The van der Waals surface area contributed by atoms with Crippen LogP contribution >= 0.6 is 0 Å². The first kappa shape index (κ1) is 19.4. The zero-order valence-corrected chi connectivity index (χ0v) is 17.2. The topological polar surface area (TPSA) is 83.5 Å². The van der Waals surface area contributed by atoms with Gasteiger partial charge in [-0.3, -0.25) is 0 Å². The first-order chi connectivity index (χ1) is 12.9. The van der Waals surface area contributed by atoms with E-state index in [4.69, 9.17) is 0 Å². The van der Waals surface area contributed by atoms with Crippen LogP contribution < -0.4 is 4.72 Å². The summed E-state index contributed by atoms with van der Waals surface area (Å²) in [6.07, 6.45) is 9.05. The van der Waals surface area contributed by atoms with Crippen molar-refractivity contribution in [2.45, 2.75) is 73.6 Å². The Kier molecular flexibility index (Phi) is 5.35. The summed E-state index contributed by atoms with van der Waals surface area (Å²) in [5, 5.41) is 0. The molecule has 1 saturated carbocycles. The molecule has 1 N–H and O–H groups in total. The molecule has 4 rings (SSSR count). The molecule has 150 valence electrons. The number of sulfonamides is 2. The van der Waals surface area contributed by atoms with E-state index in [1.165, 1.54) is 16.8 Å². The van der Waals surface area contributed by atoms with Gasteiger partial charge in [0.1, 0.15) is 0 Å². The largest absolute Gasteiger partial charge is 0.243 e. The number of piperidine rings is 1. The number of nitrogens with one attached hydrogen (secondary N) is 1. The summed E-state index contributed by atoms with van der Waals surface area (Å²) in [4.78, 5) is 0.220. The summed E-state index contributed by atoms with van der Waals surface area (Å²) in [6.45, 7) is 1.02. The number of nitrogens with zero attached hydrogens (tertiary/aromatic N) is 1. The third-order valence-corrected chi connectivity index (χ3v) is 9.71. The van der Waals surface area contributed by atoms with Crippen molar-refractivity contribution in [3.8, 4) is 0 Å². The number of benzene rings is 1. The zero-order chi connectivity index (χ0) is 19.1. The number of fused-ring (bicyclic) bond motifs is 1. The van der Waals surface area contributed by atoms with E-state index in [1.807, 2.05) is 0 Å². The number of hydrogen-bond donors (Lipinski definition) is 1. The maximum atomic E-state index is 12.9. The molecule has 2 fully saturated rings. The Balaban J connectivity index is 1.64. The summed E-state index contributed by atoms with van der Waals surface area (Å²) in [6, 6.07) is 4.58. The highest BCUT2D eigenvalue weighted by Crippen LogP contribution is 2.34. The van der Waals surface area contributed by atoms with Gasteiger partial charge in [0.05, 0.1) is 9.79 Å². The van der Waals surface area contributed by atoms with Gasteiger partial charge in [0.25, 0.3) is 0 Å². The molecule has 0 radical (unpaired) electrons. The van der Waals surface area contributed by atoms with Crippen LogP contribution in [0.4, 0.5) is 0 Å². The Morgan fingerprint density at radius 2 is 1.63 bits per heavy atom. The van der Waals surface area contributed by atoms with Crippen LogP contribution in [0.3, 0.4) is 0 Å². The van der Waals surface area contributed by atoms with Gasteiger partial charge in [-0.05, 0) is 55.7 Å². The summed E-state index contributed by atoms with van der Waals surface area (Å²) in [5.74, 6) is 0.374. The fourth-order valence-electron chi connectivity index (χ4n) is 4.71. The van der Waals surface area contributed by atoms with Crippen molar-refractivity contribution in [1.82, 2.24) is 9.03 Å². The van der Waals surface area contributed by atoms with E-state index in [0.717, 1.165) is 50.5 Å². The second-order valence-corrected chi connectivity index (χ2v) is 11.7. The predicted molar refractivity (Wildman–Crippen MR) is 103 cm³/mol. The third-order valence-electron chi connectivity index (χ3n) is 6.25. The molecule has 0 amide bonds. The van der Waals surface area contributed by atoms with Gasteiger partial charge >= 0.3 is 0 Å². The van der Waals surface area contributed by atoms with Crippen LogP contribution in [0, 0.1) is 5.92 Å². The molecule has 0 bridgehead atoms. The van der Waals surface area contributed by atoms with E-state index >= 15 is 0 Å². The van der Waals surface area contributed by atoms with E-state index in [0.29, 0.717) is 25.4 Å². The Hall–Kier alpha value is -0.960. The molecule has 1 unspecified atom stereocenters. The van der Waals surface area contributed by atoms with Crippen molar-refractivity contribution in [3.63, 3.8) is 0 Å². The minimum atomic E-state index is -3.69. The monoisotopic (exact) mass is 412 g/mol. The molecule has 2 heterocycles. The second-order valence-electron chi connectivity index (χ2n) is 8.06. The van der Waals surface area contributed by atoms with Crippen molar-refractivity contribution >= 4 is 20.0 Å². The van der Waals surface area contributed by atoms with Gasteiger partial charge in [0, 0.05) is 19.1 Å². The Labute approximate surface area is 162 Å². The molecule has 8 heteroatoms. The Morgan fingerprint density at radius 1 is 0.963 bits per heavy atom. The second kappa shape index (κ2) is 7.46. The highest BCUT2D eigenvalue weighted by molar-refractivity contribution is 7.90. The first-order valence-electron chi connectivity index (χ1n) is 10.0. The molecule has 1 atom stereocenters. The summed E-state index contributed by atoms with van der Waals surface area (Å²) < 4.78 is 55.9. The molecule has 1 aliphatic carbocycles. The smallest absolute Gasteiger partial charge is 0.207 e. The van der Waals surface area contributed by atoms with Gasteiger partial charge in [0.2, 0.25) is 20.0 Å². The number of rotatable bonds is 3. The van der Waals surface area contributed by atoms with Gasteiger partial charge in [-0.2, -0.15) is 4.31 Å². The summed E-state index contributed by atoms with van der Waals surface area (Å²) in [5.41, 5.74) is 0.738. The minimum Gasteiger partial charge on any atom is -0.207 e. The average Bonchev–Trinajstić information content (AvgIpc) is 2.68. The fraction of sp³-hybridized carbons (Fsp3) is 0.684.